The number of nitrogens with zero attached hydrogens (tertiary/aromatic N) is 1. The fourth-order valence-corrected chi connectivity index (χ4v) is 1.95. The molecule has 0 aliphatic carbocycles. The highest BCUT2D eigenvalue weighted by molar-refractivity contribution is 5.87. The highest BCUT2D eigenvalue weighted by Crippen LogP contribution is 2.20. The second-order valence-electron chi connectivity index (χ2n) is 4.85. The third-order valence-corrected chi connectivity index (χ3v) is 3.24. The van der Waals surface area contributed by atoms with E-state index < -0.39 is 5.54 Å². The summed E-state index contributed by atoms with van der Waals surface area (Å²) in [5, 5.41) is 0. The monoisotopic (exact) mass is 280 g/mol. The molecule has 1 aromatic carbocycles. The minimum Gasteiger partial charge on any atom is -0.383 e. The maximum Gasteiger partial charge on any atom is 0.247 e. The lowest BCUT2D eigenvalue weighted by Gasteiger charge is -2.32. The van der Waals surface area contributed by atoms with Crippen molar-refractivity contribution in [3.8, 4) is 0 Å². The lowest BCUT2D eigenvalue weighted by Crippen LogP contribution is -2.52. The number of carbonyl (C=O) groups excluding carboxylic acids is 1. The smallest absolute Gasteiger partial charge is 0.247 e. The minimum atomic E-state index is -1.05. The number of methoxy groups -OCH3 is 2. The summed E-state index contributed by atoms with van der Waals surface area (Å²) >= 11 is 0. The Balaban J connectivity index is 2.86. The summed E-state index contributed by atoms with van der Waals surface area (Å²) in [5.74, 6) is -0.127. The summed E-state index contributed by atoms with van der Waals surface area (Å²) in [6.45, 7) is 3.68. The van der Waals surface area contributed by atoms with Crippen molar-refractivity contribution in [2.75, 3.05) is 40.5 Å². The van der Waals surface area contributed by atoms with Gasteiger partial charge in [0.2, 0.25) is 5.91 Å². The topological polar surface area (TPSA) is 64.8 Å². The number of amides is 1. The van der Waals surface area contributed by atoms with Crippen LogP contribution in [0.1, 0.15) is 12.5 Å². The Labute approximate surface area is 120 Å². The van der Waals surface area contributed by atoms with Crippen LogP contribution in [0.5, 0.6) is 0 Å². The van der Waals surface area contributed by atoms with Crippen molar-refractivity contribution >= 4 is 5.91 Å². The van der Waals surface area contributed by atoms with E-state index in [2.05, 4.69) is 0 Å². The lowest BCUT2D eigenvalue weighted by molar-refractivity contribution is -0.138. The molecule has 112 valence electrons. The molecule has 5 nitrogen and oxygen atoms in total. The van der Waals surface area contributed by atoms with Crippen molar-refractivity contribution in [1.82, 2.24) is 4.90 Å². The molecular weight excluding hydrogens is 256 g/mol. The van der Waals surface area contributed by atoms with Crippen molar-refractivity contribution in [3.63, 3.8) is 0 Å². The highest BCUT2D eigenvalue weighted by Gasteiger charge is 2.34. The number of ether oxygens (including phenoxy) is 2. The van der Waals surface area contributed by atoms with Crippen LogP contribution in [0.15, 0.2) is 30.3 Å². The van der Waals surface area contributed by atoms with E-state index in [4.69, 9.17) is 15.2 Å². The van der Waals surface area contributed by atoms with Crippen LogP contribution in [0.25, 0.3) is 0 Å². The Kier molecular flexibility index (Phi) is 6.64. The van der Waals surface area contributed by atoms with Gasteiger partial charge in [0, 0.05) is 27.3 Å². The summed E-state index contributed by atoms with van der Waals surface area (Å²) in [6.07, 6.45) is 0. The lowest BCUT2D eigenvalue weighted by atomic mass is 9.91. The zero-order valence-electron chi connectivity index (χ0n) is 12.5. The number of rotatable bonds is 8. The van der Waals surface area contributed by atoms with E-state index in [9.17, 15) is 4.79 Å². The van der Waals surface area contributed by atoms with E-state index >= 15 is 0 Å². The van der Waals surface area contributed by atoms with Crippen molar-refractivity contribution in [1.29, 1.82) is 0 Å². The summed E-state index contributed by atoms with van der Waals surface area (Å²) in [5.41, 5.74) is 6.00. The predicted molar refractivity (Wildman–Crippen MR) is 78.3 cm³/mol. The molecule has 0 heterocycles. The fourth-order valence-electron chi connectivity index (χ4n) is 1.95. The molecule has 0 fully saturated rings. The van der Waals surface area contributed by atoms with Gasteiger partial charge in [-0.2, -0.15) is 0 Å². The van der Waals surface area contributed by atoms with E-state index in [-0.39, 0.29) is 5.91 Å². The average Bonchev–Trinajstić information content (AvgIpc) is 2.47. The standard InChI is InChI=1S/C15H24N2O3/c1-15(16,13-7-5-4-6-8-13)14(18)17(9-11-19-2)10-12-20-3/h4-8H,9-12,16H2,1-3H3. The first-order valence-electron chi connectivity index (χ1n) is 6.65. The molecule has 0 bridgehead atoms. The number of nitrogens with two attached hydrogens (primary N) is 1. The van der Waals surface area contributed by atoms with Crippen LogP contribution in [-0.4, -0.2) is 51.3 Å². The van der Waals surface area contributed by atoms with Gasteiger partial charge in [-0.3, -0.25) is 4.79 Å². The van der Waals surface area contributed by atoms with Crippen LogP contribution < -0.4 is 5.73 Å². The summed E-state index contributed by atoms with van der Waals surface area (Å²) in [6, 6.07) is 9.38. The van der Waals surface area contributed by atoms with Crippen LogP contribution in [0.2, 0.25) is 0 Å². The normalized spacial score (nSPS) is 13.8. The van der Waals surface area contributed by atoms with E-state index in [0.29, 0.717) is 26.3 Å². The molecule has 20 heavy (non-hydrogen) atoms. The zero-order chi connectivity index (χ0) is 15.0. The van der Waals surface area contributed by atoms with Gasteiger partial charge in [0.1, 0.15) is 5.54 Å². The quantitative estimate of drug-likeness (QED) is 0.771. The molecule has 0 aliphatic heterocycles. The maximum absolute atomic E-state index is 12.7. The van der Waals surface area contributed by atoms with E-state index in [1.54, 1.807) is 26.0 Å². The molecule has 0 aromatic heterocycles. The third kappa shape index (κ3) is 4.30. The Hall–Kier alpha value is -1.43. The molecule has 0 saturated heterocycles. The van der Waals surface area contributed by atoms with Gasteiger partial charge >= 0.3 is 0 Å². The molecule has 5 heteroatoms. The molecular formula is C15H24N2O3. The van der Waals surface area contributed by atoms with Crippen LogP contribution in [0.3, 0.4) is 0 Å². The average molecular weight is 280 g/mol. The number of carbonyl (C=O) groups is 1. The molecule has 1 unspecified atom stereocenters. The van der Waals surface area contributed by atoms with Crippen molar-refractivity contribution in [3.05, 3.63) is 35.9 Å². The number of hydrogen-bond donors (Lipinski definition) is 1. The van der Waals surface area contributed by atoms with E-state index in [1.807, 2.05) is 30.3 Å². The summed E-state index contributed by atoms with van der Waals surface area (Å²) in [7, 11) is 3.22. The molecule has 0 radical (unpaired) electrons. The Morgan fingerprint density at radius 1 is 1.15 bits per heavy atom. The van der Waals surface area contributed by atoms with Gasteiger partial charge in [-0.1, -0.05) is 30.3 Å². The van der Waals surface area contributed by atoms with Gasteiger partial charge < -0.3 is 20.1 Å². The highest BCUT2D eigenvalue weighted by atomic mass is 16.5. The van der Waals surface area contributed by atoms with Crippen molar-refractivity contribution in [2.24, 2.45) is 5.73 Å². The molecule has 1 atom stereocenters. The second kappa shape index (κ2) is 7.99. The van der Waals surface area contributed by atoms with Gasteiger partial charge in [-0.05, 0) is 12.5 Å². The fraction of sp³-hybridized carbons (Fsp3) is 0.533. The van der Waals surface area contributed by atoms with Crippen molar-refractivity contribution in [2.45, 2.75) is 12.5 Å². The van der Waals surface area contributed by atoms with Crippen LogP contribution in [-0.2, 0) is 19.8 Å². The van der Waals surface area contributed by atoms with Gasteiger partial charge in [0.15, 0.2) is 0 Å². The molecule has 1 rings (SSSR count). The number of hydrogen-bond acceptors (Lipinski definition) is 4. The first-order chi connectivity index (χ1) is 9.54. The van der Waals surface area contributed by atoms with Crippen LogP contribution in [0, 0.1) is 0 Å². The Morgan fingerprint density at radius 3 is 2.10 bits per heavy atom. The Bertz CT molecular complexity index is 399. The zero-order valence-corrected chi connectivity index (χ0v) is 12.5. The number of benzene rings is 1. The molecule has 0 aliphatic rings. The van der Waals surface area contributed by atoms with Gasteiger partial charge in [0.25, 0.3) is 0 Å². The van der Waals surface area contributed by atoms with Gasteiger partial charge in [-0.15, -0.1) is 0 Å². The van der Waals surface area contributed by atoms with Gasteiger partial charge in [-0.25, -0.2) is 0 Å². The first-order valence-corrected chi connectivity index (χ1v) is 6.65. The maximum atomic E-state index is 12.7. The third-order valence-electron chi connectivity index (χ3n) is 3.24. The summed E-state index contributed by atoms with van der Waals surface area (Å²) < 4.78 is 10.1. The molecule has 0 saturated carbocycles. The van der Waals surface area contributed by atoms with E-state index in [1.165, 1.54) is 0 Å². The SMILES string of the molecule is COCCN(CCOC)C(=O)C(C)(N)c1ccccc1. The molecule has 0 spiro atoms. The second-order valence-corrected chi connectivity index (χ2v) is 4.85. The minimum absolute atomic E-state index is 0.127. The molecule has 1 amide bonds. The Morgan fingerprint density at radius 2 is 1.65 bits per heavy atom. The van der Waals surface area contributed by atoms with Crippen LogP contribution in [0.4, 0.5) is 0 Å². The summed E-state index contributed by atoms with van der Waals surface area (Å²) in [4.78, 5) is 14.3. The molecule has 2 N–H and O–H groups in total. The van der Waals surface area contributed by atoms with Crippen LogP contribution >= 0.6 is 0 Å². The van der Waals surface area contributed by atoms with E-state index in [0.717, 1.165) is 5.56 Å². The molecule has 1 aromatic rings. The largest absolute Gasteiger partial charge is 0.383 e. The predicted octanol–water partition coefficient (Wildman–Crippen LogP) is 0.982. The van der Waals surface area contributed by atoms with Gasteiger partial charge in [0.05, 0.1) is 13.2 Å². The van der Waals surface area contributed by atoms with Crippen molar-refractivity contribution < 1.29 is 14.3 Å². The first kappa shape index (κ1) is 16.6.